The quantitative estimate of drug-likeness (QED) is 0.236. The number of esters is 2. The van der Waals surface area contributed by atoms with E-state index in [1.165, 1.54) is 0 Å². The molecular formula is C20H34O4. The first-order valence-electron chi connectivity index (χ1n) is 9.31. The molecule has 0 bridgehead atoms. The Balaban J connectivity index is 3.43. The van der Waals surface area contributed by atoms with Gasteiger partial charge in [0.1, 0.15) is 13.2 Å². The van der Waals surface area contributed by atoms with Crippen molar-refractivity contribution in [1.82, 2.24) is 0 Å². The molecular weight excluding hydrogens is 304 g/mol. The predicted octanol–water partition coefficient (Wildman–Crippen LogP) is 5.13. The fraction of sp³-hybridized carbons (Fsp3) is 0.700. The summed E-state index contributed by atoms with van der Waals surface area (Å²) >= 11 is 0. The fourth-order valence-corrected chi connectivity index (χ4v) is 1.99. The third-order valence-corrected chi connectivity index (χ3v) is 3.36. The molecule has 0 saturated heterocycles. The highest BCUT2D eigenvalue weighted by Crippen LogP contribution is 2.02. The van der Waals surface area contributed by atoms with Crippen LogP contribution in [0.2, 0.25) is 0 Å². The molecule has 0 spiro atoms. The first-order chi connectivity index (χ1) is 11.7. The Bertz CT molecular complexity index is 336. The SMILES string of the molecule is CCC/C=C/CCCC(=O)OCCOC(=O)CCC/C=C/CCC. The number of hydrogen-bond donors (Lipinski definition) is 0. The lowest BCUT2D eigenvalue weighted by molar-refractivity contribution is -0.152. The molecule has 0 radical (unpaired) electrons. The van der Waals surface area contributed by atoms with E-state index in [9.17, 15) is 9.59 Å². The molecule has 138 valence electrons. The van der Waals surface area contributed by atoms with Gasteiger partial charge in [-0.05, 0) is 38.5 Å². The monoisotopic (exact) mass is 338 g/mol. The van der Waals surface area contributed by atoms with E-state index >= 15 is 0 Å². The van der Waals surface area contributed by atoms with Crippen LogP contribution in [0.4, 0.5) is 0 Å². The summed E-state index contributed by atoms with van der Waals surface area (Å²) < 4.78 is 10.1. The van der Waals surface area contributed by atoms with E-state index in [1.807, 2.05) is 0 Å². The molecule has 0 aliphatic rings. The Morgan fingerprint density at radius 1 is 0.667 bits per heavy atom. The lowest BCUT2D eigenvalue weighted by Gasteiger charge is -2.06. The molecule has 0 amide bonds. The molecule has 0 saturated carbocycles. The van der Waals surface area contributed by atoms with Gasteiger partial charge in [-0.1, -0.05) is 51.0 Å². The van der Waals surface area contributed by atoms with Gasteiger partial charge in [-0.3, -0.25) is 9.59 Å². The Labute approximate surface area is 147 Å². The van der Waals surface area contributed by atoms with Gasteiger partial charge in [-0.2, -0.15) is 0 Å². The summed E-state index contributed by atoms with van der Waals surface area (Å²) in [6, 6.07) is 0. The number of carbonyl (C=O) groups excluding carboxylic acids is 2. The molecule has 4 heteroatoms. The molecule has 0 aromatic rings. The van der Waals surface area contributed by atoms with Gasteiger partial charge in [0.15, 0.2) is 0 Å². The summed E-state index contributed by atoms with van der Waals surface area (Å²) in [5.41, 5.74) is 0. The van der Waals surface area contributed by atoms with Crippen molar-refractivity contribution in [2.24, 2.45) is 0 Å². The minimum atomic E-state index is -0.226. The van der Waals surface area contributed by atoms with Crippen molar-refractivity contribution < 1.29 is 19.1 Å². The van der Waals surface area contributed by atoms with Crippen LogP contribution in [-0.4, -0.2) is 25.2 Å². The van der Waals surface area contributed by atoms with Crippen LogP contribution in [-0.2, 0) is 19.1 Å². The van der Waals surface area contributed by atoms with Crippen LogP contribution in [0.1, 0.15) is 78.1 Å². The van der Waals surface area contributed by atoms with Gasteiger partial charge in [0.2, 0.25) is 0 Å². The van der Waals surface area contributed by atoms with Crippen molar-refractivity contribution in [2.75, 3.05) is 13.2 Å². The lowest BCUT2D eigenvalue weighted by atomic mass is 10.2. The lowest BCUT2D eigenvalue weighted by Crippen LogP contribution is -2.13. The summed E-state index contributed by atoms with van der Waals surface area (Å²) in [5, 5.41) is 0. The van der Waals surface area contributed by atoms with Gasteiger partial charge in [-0.15, -0.1) is 0 Å². The van der Waals surface area contributed by atoms with Gasteiger partial charge in [-0.25, -0.2) is 0 Å². The van der Waals surface area contributed by atoms with Gasteiger partial charge < -0.3 is 9.47 Å². The summed E-state index contributed by atoms with van der Waals surface area (Å²) in [6.07, 6.45) is 17.2. The maximum absolute atomic E-state index is 11.5. The molecule has 0 unspecified atom stereocenters. The van der Waals surface area contributed by atoms with Crippen molar-refractivity contribution in [1.29, 1.82) is 0 Å². The molecule has 0 aliphatic heterocycles. The normalized spacial score (nSPS) is 11.2. The number of carbonyl (C=O) groups is 2. The molecule has 4 nitrogen and oxygen atoms in total. The van der Waals surface area contributed by atoms with E-state index in [0.717, 1.165) is 51.4 Å². The average molecular weight is 338 g/mol. The minimum absolute atomic E-state index is 0.145. The van der Waals surface area contributed by atoms with E-state index in [4.69, 9.17) is 9.47 Å². The minimum Gasteiger partial charge on any atom is -0.462 e. The Morgan fingerprint density at radius 2 is 1.04 bits per heavy atom. The van der Waals surface area contributed by atoms with Gasteiger partial charge in [0, 0.05) is 12.8 Å². The molecule has 0 rings (SSSR count). The standard InChI is InChI=1S/C20H34O4/c1-3-5-7-9-11-13-15-19(21)23-17-18-24-20(22)16-14-12-10-8-6-4-2/h7-10H,3-6,11-18H2,1-2H3/b9-7+,10-8+. The van der Waals surface area contributed by atoms with E-state index in [2.05, 4.69) is 38.2 Å². The van der Waals surface area contributed by atoms with Crippen LogP contribution in [0.25, 0.3) is 0 Å². The van der Waals surface area contributed by atoms with E-state index in [1.54, 1.807) is 0 Å². The van der Waals surface area contributed by atoms with Gasteiger partial charge in [0.25, 0.3) is 0 Å². The number of allylic oxidation sites excluding steroid dienone is 4. The van der Waals surface area contributed by atoms with Gasteiger partial charge >= 0.3 is 11.9 Å². The zero-order chi connectivity index (χ0) is 17.9. The maximum Gasteiger partial charge on any atom is 0.305 e. The van der Waals surface area contributed by atoms with Crippen molar-refractivity contribution in [3.05, 3.63) is 24.3 Å². The van der Waals surface area contributed by atoms with Gasteiger partial charge in [0.05, 0.1) is 0 Å². The van der Waals surface area contributed by atoms with Crippen LogP contribution >= 0.6 is 0 Å². The Hall–Kier alpha value is -1.58. The number of hydrogen-bond acceptors (Lipinski definition) is 4. The average Bonchev–Trinajstić information content (AvgIpc) is 2.58. The van der Waals surface area contributed by atoms with Crippen molar-refractivity contribution in [2.45, 2.75) is 78.1 Å². The van der Waals surface area contributed by atoms with Crippen molar-refractivity contribution >= 4 is 11.9 Å². The molecule has 0 aromatic carbocycles. The summed E-state index contributed by atoms with van der Waals surface area (Å²) in [5.74, 6) is -0.452. The second-order valence-corrected chi connectivity index (χ2v) is 5.75. The zero-order valence-corrected chi connectivity index (χ0v) is 15.4. The third-order valence-electron chi connectivity index (χ3n) is 3.36. The maximum atomic E-state index is 11.5. The number of ether oxygens (including phenoxy) is 2. The van der Waals surface area contributed by atoms with Crippen molar-refractivity contribution in [3.8, 4) is 0 Å². The molecule has 0 N–H and O–H groups in total. The Kier molecular flexibility index (Phi) is 16.6. The van der Waals surface area contributed by atoms with Crippen LogP contribution in [0, 0.1) is 0 Å². The van der Waals surface area contributed by atoms with Crippen LogP contribution in [0.5, 0.6) is 0 Å². The second kappa shape index (κ2) is 17.8. The van der Waals surface area contributed by atoms with E-state index in [-0.39, 0.29) is 25.2 Å². The highest BCUT2D eigenvalue weighted by atomic mass is 16.6. The zero-order valence-electron chi connectivity index (χ0n) is 15.4. The molecule has 0 aromatic heterocycles. The first-order valence-corrected chi connectivity index (χ1v) is 9.31. The molecule has 0 atom stereocenters. The van der Waals surface area contributed by atoms with E-state index < -0.39 is 0 Å². The number of rotatable bonds is 15. The first kappa shape index (κ1) is 22.4. The molecule has 0 aliphatic carbocycles. The third kappa shape index (κ3) is 16.8. The molecule has 0 heterocycles. The highest BCUT2D eigenvalue weighted by molar-refractivity contribution is 5.70. The van der Waals surface area contributed by atoms with Crippen molar-refractivity contribution in [3.63, 3.8) is 0 Å². The fourth-order valence-electron chi connectivity index (χ4n) is 1.99. The summed E-state index contributed by atoms with van der Waals surface area (Å²) in [7, 11) is 0. The summed E-state index contributed by atoms with van der Waals surface area (Å²) in [6.45, 7) is 4.57. The van der Waals surface area contributed by atoms with E-state index in [0.29, 0.717) is 12.8 Å². The van der Waals surface area contributed by atoms with Crippen LogP contribution in [0.15, 0.2) is 24.3 Å². The topological polar surface area (TPSA) is 52.6 Å². The predicted molar refractivity (Wildman–Crippen MR) is 97.7 cm³/mol. The Morgan fingerprint density at radius 3 is 1.42 bits per heavy atom. The largest absolute Gasteiger partial charge is 0.462 e. The number of unbranched alkanes of at least 4 members (excludes halogenated alkanes) is 4. The smallest absolute Gasteiger partial charge is 0.305 e. The summed E-state index contributed by atoms with van der Waals surface area (Å²) in [4.78, 5) is 23.0. The second-order valence-electron chi connectivity index (χ2n) is 5.75. The van der Waals surface area contributed by atoms with Crippen LogP contribution in [0.3, 0.4) is 0 Å². The van der Waals surface area contributed by atoms with Crippen LogP contribution < -0.4 is 0 Å². The molecule has 24 heavy (non-hydrogen) atoms. The highest BCUT2D eigenvalue weighted by Gasteiger charge is 2.04. The molecule has 0 fully saturated rings.